The topological polar surface area (TPSA) is 54.9 Å². The van der Waals surface area contributed by atoms with Crippen molar-refractivity contribution in [3.8, 4) is 0 Å². The molecule has 0 spiro atoms. The molecule has 104 valence electrons. The van der Waals surface area contributed by atoms with E-state index in [1.54, 1.807) is 18.2 Å². The number of aryl methyl sites for hydroxylation is 1. The molecule has 0 radical (unpaired) electrons. The fourth-order valence-corrected chi connectivity index (χ4v) is 2.17. The number of aromatic nitrogens is 2. The van der Waals surface area contributed by atoms with Gasteiger partial charge in [-0.1, -0.05) is 29.3 Å². The van der Waals surface area contributed by atoms with E-state index in [0.29, 0.717) is 22.3 Å². The maximum atomic E-state index is 12.1. The van der Waals surface area contributed by atoms with Gasteiger partial charge >= 0.3 is 0 Å². The monoisotopic (exact) mass is 309 g/mol. The number of nitrogens with one attached hydrogen (secondary N) is 1. The third-order valence-corrected chi connectivity index (χ3v) is 3.59. The van der Waals surface area contributed by atoms with Crippen LogP contribution in [0.5, 0.6) is 0 Å². The van der Waals surface area contributed by atoms with Gasteiger partial charge in [0, 0.05) is 27.8 Å². The standard InChI is InChI=1S/C14H13Cl2N3O/c1-8-9(2)18-7-19-13(8)14(20)17-6-10-3-4-11(15)5-12(10)16/h3-5,7H,6H2,1-2H3,(H,17,20). The predicted octanol–water partition coefficient (Wildman–Crippen LogP) is 3.33. The molecule has 0 aliphatic rings. The van der Waals surface area contributed by atoms with Gasteiger partial charge in [-0.05, 0) is 31.5 Å². The van der Waals surface area contributed by atoms with Gasteiger partial charge in [0.25, 0.3) is 5.91 Å². The molecule has 1 amide bonds. The van der Waals surface area contributed by atoms with Gasteiger partial charge in [0.15, 0.2) is 0 Å². The highest BCUT2D eigenvalue weighted by molar-refractivity contribution is 6.35. The highest BCUT2D eigenvalue weighted by Gasteiger charge is 2.13. The van der Waals surface area contributed by atoms with Gasteiger partial charge in [0.05, 0.1) is 0 Å². The number of rotatable bonds is 3. The third kappa shape index (κ3) is 3.26. The molecule has 0 saturated heterocycles. The van der Waals surface area contributed by atoms with Crippen LogP contribution in [0, 0.1) is 13.8 Å². The molecule has 2 rings (SSSR count). The van der Waals surface area contributed by atoms with Crippen molar-refractivity contribution >= 4 is 29.1 Å². The van der Waals surface area contributed by atoms with E-state index in [1.165, 1.54) is 6.33 Å². The van der Waals surface area contributed by atoms with Crippen LogP contribution in [-0.4, -0.2) is 15.9 Å². The first-order valence-corrected chi connectivity index (χ1v) is 6.75. The lowest BCUT2D eigenvalue weighted by atomic mass is 10.1. The Balaban J connectivity index is 2.11. The van der Waals surface area contributed by atoms with Crippen LogP contribution in [0.4, 0.5) is 0 Å². The van der Waals surface area contributed by atoms with Crippen molar-refractivity contribution in [2.75, 3.05) is 0 Å². The number of nitrogens with zero attached hydrogens (tertiary/aromatic N) is 2. The molecule has 0 aliphatic heterocycles. The lowest BCUT2D eigenvalue weighted by Crippen LogP contribution is -2.25. The summed E-state index contributed by atoms with van der Waals surface area (Å²) in [5, 5.41) is 3.87. The first kappa shape index (κ1) is 14.8. The third-order valence-electron chi connectivity index (χ3n) is 3.01. The summed E-state index contributed by atoms with van der Waals surface area (Å²) in [7, 11) is 0. The van der Waals surface area contributed by atoms with Crippen LogP contribution in [0.15, 0.2) is 24.5 Å². The minimum atomic E-state index is -0.251. The highest BCUT2D eigenvalue weighted by Crippen LogP contribution is 2.20. The molecule has 0 fully saturated rings. The maximum absolute atomic E-state index is 12.1. The number of carbonyl (C=O) groups is 1. The quantitative estimate of drug-likeness (QED) is 0.946. The van der Waals surface area contributed by atoms with Crippen LogP contribution in [0.3, 0.4) is 0 Å². The SMILES string of the molecule is Cc1ncnc(C(=O)NCc2ccc(Cl)cc2Cl)c1C. The molecule has 0 atom stereocenters. The lowest BCUT2D eigenvalue weighted by molar-refractivity contribution is 0.0945. The summed E-state index contributed by atoms with van der Waals surface area (Å²) in [5.74, 6) is -0.251. The minimum Gasteiger partial charge on any atom is -0.347 e. The Morgan fingerprint density at radius 1 is 1.25 bits per heavy atom. The molecule has 0 unspecified atom stereocenters. The fourth-order valence-electron chi connectivity index (χ4n) is 1.69. The van der Waals surface area contributed by atoms with Gasteiger partial charge in [-0.2, -0.15) is 0 Å². The van der Waals surface area contributed by atoms with Crippen molar-refractivity contribution in [2.24, 2.45) is 0 Å². The second-order valence-corrected chi connectivity index (χ2v) is 5.19. The summed E-state index contributed by atoms with van der Waals surface area (Å²) in [6.07, 6.45) is 1.38. The highest BCUT2D eigenvalue weighted by atomic mass is 35.5. The first-order valence-electron chi connectivity index (χ1n) is 5.99. The van der Waals surface area contributed by atoms with E-state index in [-0.39, 0.29) is 5.91 Å². The number of amides is 1. The Morgan fingerprint density at radius 3 is 2.70 bits per heavy atom. The van der Waals surface area contributed by atoms with E-state index in [4.69, 9.17) is 23.2 Å². The Morgan fingerprint density at radius 2 is 2.00 bits per heavy atom. The minimum absolute atomic E-state index is 0.251. The molecule has 4 nitrogen and oxygen atoms in total. The summed E-state index contributed by atoms with van der Waals surface area (Å²) in [4.78, 5) is 20.1. The van der Waals surface area contributed by atoms with E-state index in [2.05, 4.69) is 15.3 Å². The number of hydrogen-bond donors (Lipinski definition) is 1. The molecule has 20 heavy (non-hydrogen) atoms. The van der Waals surface area contributed by atoms with Crippen LogP contribution >= 0.6 is 23.2 Å². The summed E-state index contributed by atoms with van der Waals surface area (Å²) in [6.45, 7) is 3.97. The normalized spacial score (nSPS) is 10.4. The zero-order chi connectivity index (χ0) is 14.7. The first-order chi connectivity index (χ1) is 9.49. The number of benzene rings is 1. The van der Waals surface area contributed by atoms with Gasteiger partial charge in [0.1, 0.15) is 12.0 Å². The van der Waals surface area contributed by atoms with Crippen LogP contribution in [0.1, 0.15) is 27.3 Å². The van der Waals surface area contributed by atoms with Gasteiger partial charge in [-0.15, -0.1) is 0 Å². The number of hydrogen-bond acceptors (Lipinski definition) is 3. The number of halogens is 2. The summed E-state index contributed by atoms with van der Waals surface area (Å²) < 4.78 is 0. The molecule has 1 N–H and O–H groups in total. The Hall–Kier alpha value is -1.65. The molecule has 0 saturated carbocycles. The molecule has 1 aromatic carbocycles. The zero-order valence-electron chi connectivity index (χ0n) is 11.1. The smallest absolute Gasteiger partial charge is 0.270 e. The molecule has 1 heterocycles. The fraction of sp³-hybridized carbons (Fsp3) is 0.214. The van der Waals surface area contributed by atoms with Gasteiger partial charge in [0.2, 0.25) is 0 Å². The molecule has 0 aliphatic carbocycles. The molecular weight excluding hydrogens is 297 g/mol. The maximum Gasteiger partial charge on any atom is 0.270 e. The van der Waals surface area contributed by atoms with E-state index in [1.807, 2.05) is 13.8 Å². The summed E-state index contributed by atoms with van der Waals surface area (Å²) in [5.41, 5.74) is 2.73. The molecule has 6 heteroatoms. The average molecular weight is 310 g/mol. The van der Waals surface area contributed by atoms with Gasteiger partial charge < -0.3 is 5.32 Å². The number of carbonyl (C=O) groups excluding carboxylic acids is 1. The van der Waals surface area contributed by atoms with Crippen LogP contribution in [-0.2, 0) is 6.54 Å². The Bertz CT molecular complexity index is 659. The average Bonchev–Trinajstić information content (AvgIpc) is 2.40. The van der Waals surface area contributed by atoms with Crippen molar-refractivity contribution in [2.45, 2.75) is 20.4 Å². The van der Waals surface area contributed by atoms with E-state index in [9.17, 15) is 4.79 Å². The molecular formula is C14H13Cl2N3O. The van der Waals surface area contributed by atoms with Crippen molar-refractivity contribution in [3.05, 3.63) is 57.1 Å². The van der Waals surface area contributed by atoms with Crippen molar-refractivity contribution in [3.63, 3.8) is 0 Å². The largest absolute Gasteiger partial charge is 0.347 e. The van der Waals surface area contributed by atoms with Gasteiger partial charge in [-0.3, -0.25) is 4.79 Å². The van der Waals surface area contributed by atoms with Crippen molar-refractivity contribution in [1.29, 1.82) is 0 Å². The van der Waals surface area contributed by atoms with Crippen LogP contribution in [0.2, 0.25) is 10.0 Å². The Kier molecular flexibility index (Phi) is 4.57. The molecule has 0 bridgehead atoms. The second kappa shape index (κ2) is 6.20. The Labute approximate surface area is 127 Å². The van der Waals surface area contributed by atoms with E-state index < -0.39 is 0 Å². The molecule has 1 aromatic heterocycles. The lowest BCUT2D eigenvalue weighted by Gasteiger charge is -2.09. The van der Waals surface area contributed by atoms with Crippen molar-refractivity contribution < 1.29 is 4.79 Å². The molecule has 2 aromatic rings. The summed E-state index contributed by atoms with van der Waals surface area (Å²) >= 11 is 11.9. The van der Waals surface area contributed by atoms with Gasteiger partial charge in [-0.25, -0.2) is 9.97 Å². The zero-order valence-corrected chi connectivity index (χ0v) is 12.6. The second-order valence-electron chi connectivity index (χ2n) is 4.35. The van der Waals surface area contributed by atoms with Crippen LogP contribution in [0.25, 0.3) is 0 Å². The van der Waals surface area contributed by atoms with Crippen molar-refractivity contribution in [1.82, 2.24) is 15.3 Å². The van der Waals surface area contributed by atoms with E-state index in [0.717, 1.165) is 16.8 Å². The van der Waals surface area contributed by atoms with Crippen LogP contribution < -0.4 is 5.32 Å². The summed E-state index contributed by atoms with van der Waals surface area (Å²) in [6, 6.07) is 5.16. The van der Waals surface area contributed by atoms with E-state index >= 15 is 0 Å². The predicted molar refractivity (Wildman–Crippen MR) is 79.1 cm³/mol.